The van der Waals surface area contributed by atoms with Gasteiger partial charge in [-0.1, -0.05) is 6.92 Å². The predicted octanol–water partition coefficient (Wildman–Crippen LogP) is 3.75. The van der Waals surface area contributed by atoms with Crippen molar-refractivity contribution in [3.05, 3.63) is 24.3 Å². The quantitative estimate of drug-likeness (QED) is 0.762. The fourth-order valence-electron chi connectivity index (χ4n) is 1.86. The zero-order chi connectivity index (χ0) is 13.6. The van der Waals surface area contributed by atoms with Crippen molar-refractivity contribution in [3.63, 3.8) is 0 Å². The van der Waals surface area contributed by atoms with Crippen LogP contribution in [0, 0.1) is 0 Å². The maximum absolute atomic E-state index is 5.99. The highest BCUT2D eigenvalue weighted by Crippen LogP contribution is 2.22. The third-order valence-corrected chi connectivity index (χ3v) is 3.80. The Morgan fingerprint density at radius 2 is 1.83 bits per heavy atom. The highest BCUT2D eigenvalue weighted by Gasteiger charge is 2.10. The molecule has 0 saturated heterocycles. The minimum atomic E-state index is -0.0531. The fraction of sp³-hybridized carbons (Fsp3) is 0.600. The van der Waals surface area contributed by atoms with Gasteiger partial charge in [-0.15, -0.1) is 11.8 Å². The van der Waals surface area contributed by atoms with Gasteiger partial charge in [0.05, 0.1) is 0 Å². The number of rotatable bonds is 7. The Labute approximate surface area is 116 Å². The molecular weight excluding hydrogens is 240 g/mol. The van der Waals surface area contributed by atoms with Crippen LogP contribution in [0.2, 0.25) is 0 Å². The lowest BCUT2D eigenvalue weighted by Gasteiger charge is -2.23. The van der Waals surface area contributed by atoms with E-state index in [-0.39, 0.29) is 5.54 Å². The third-order valence-electron chi connectivity index (χ3n) is 2.90. The van der Waals surface area contributed by atoms with Gasteiger partial charge in [-0.25, -0.2) is 0 Å². The molecule has 2 nitrogen and oxygen atoms in total. The molecule has 0 unspecified atom stereocenters. The van der Waals surface area contributed by atoms with Crippen LogP contribution in [0.1, 0.15) is 33.6 Å². The van der Waals surface area contributed by atoms with Crippen molar-refractivity contribution >= 4 is 17.4 Å². The van der Waals surface area contributed by atoms with Crippen molar-refractivity contribution in [2.75, 3.05) is 24.2 Å². The summed E-state index contributed by atoms with van der Waals surface area (Å²) in [5, 5.41) is 0. The average molecular weight is 266 g/mol. The number of benzene rings is 1. The standard InChI is InChI=1S/C15H26N2S/c1-5-18-14-9-7-13(8-10-14)17(4)12-6-11-15(2,3)16/h7-10H,5-6,11-12,16H2,1-4H3. The summed E-state index contributed by atoms with van der Waals surface area (Å²) < 4.78 is 0. The van der Waals surface area contributed by atoms with Crippen LogP contribution in [0.15, 0.2) is 29.2 Å². The van der Waals surface area contributed by atoms with Gasteiger partial charge in [0, 0.05) is 29.7 Å². The van der Waals surface area contributed by atoms with Crippen LogP contribution in [0.5, 0.6) is 0 Å². The zero-order valence-electron chi connectivity index (χ0n) is 12.1. The molecule has 0 aliphatic carbocycles. The first-order valence-electron chi connectivity index (χ1n) is 6.65. The molecule has 1 rings (SSSR count). The van der Waals surface area contributed by atoms with Crippen LogP contribution in [-0.2, 0) is 0 Å². The predicted molar refractivity (Wildman–Crippen MR) is 83.6 cm³/mol. The lowest BCUT2D eigenvalue weighted by molar-refractivity contribution is 0.460. The minimum Gasteiger partial charge on any atom is -0.375 e. The number of thioether (sulfide) groups is 1. The summed E-state index contributed by atoms with van der Waals surface area (Å²) in [4.78, 5) is 3.64. The van der Waals surface area contributed by atoms with Crippen molar-refractivity contribution in [1.82, 2.24) is 0 Å². The second kappa shape index (κ2) is 7.05. The van der Waals surface area contributed by atoms with Gasteiger partial charge in [-0.05, 0) is 56.7 Å². The van der Waals surface area contributed by atoms with Crippen LogP contribution >= 0.6 is 11.8 Å². The van der Waals surface area contributed by atoms with Crippen molar-refractivity contribution in [2.45, 2.75) is 44.0 Å². The molecule has 0 aliphatic heterocycles. The monoisotopic (exact) mass is 266 g/mol. The molecule has 0 atom stereocenters. The Balaban J connectivity index is 2.43. The summed E-state index contributed by atoms with van der Waals surface area (Å²) in [5.41, 5.74) is 7.22. The average Bonchev–Trinajstić information content (AvgIpc) is 2.28. The van der Waals surface area contributed by atoms with E-state index in [1.807, 2.05) is 11.8 Å². The number of nitrogens with two attached hydrogens (primary N) is 1. The summed E-state index contributed by atoms with van der Waals surface area (Å²) >= 11 is 1.88. The van der Waals surface area contributed by atoms with E-state index in [0.717, 1.165) is 25.1 Å². The molecule has 0 fully saturated rings. The maximum Gasteiger partial charge on any atom is 0.0364 e. The van der Waals surface area contributed by atoms with Crippen LogP contribution < -0.4 is 10.6 Å². The third kappa shape index (κ3) is 5.78. The van der Waals surface area contributed by atoms with E-state index >= 15 is 0 Å². The lowest BCUT2D eigenvalue weighted by Crippen LogP contribution is -2.33. The van der Waals surface area contributed by atoms with E-state index < -0.39 is 0 Å². The molecule has 0 radical (unpaired) electrons. The van der Waals surface area contributed by atoms with E-state index in [1.54, 1.807) is 0 Å². The Morgan fingerprint density at radius 1 is 1.22 bits per heavy atom. The van der Waals surface area contributed by atoms with Crippen molar-refractivity contribution in [3.8, 4) is 0 Å². The van der Waals surface area contributed by atoms with Crippen LogP contribution in [0.25, 0.3) is 0 Å². The molecular formula is C15H26N2S. The Morgan fingerprint density at radius 3 is 2.33 bits per heavy atom. The van der Waals surface area contributed by atoms with Crippen LogP contribution in [0.4, 0.5) is 5.69 Å². The lowest BCUT2D eigenvalue weighted by atomic mass is 10.00. The van der Waals surface area contributed by atoms with Gasteiger partial charge in [0.15, 0.2) is 0 Å². The second-order valence-electron chi connectivity index (χ2n) is 5.44. The first kappa shape index (κ1) is 15.4. The Hall–Kier alpha value is -0.670. The molecule has 0 saturated carbocycles. The van der Waals surface area contributed by atoms with Crippen LogP contribution in [-0.4, -0.2) is 24.9 Å². The Bertz CT molecular complexity index is 341. The van der Waals surface area contributed by atoms with E-state index in [9.17, 15) is 0 Å². The number of hydrogen-bond acceptors (Lipinski definition) is 3. The van der Waals surface area contributed by atoms with E-state index in [2.05, 4.69) is 57.0 Å². The molecule has 0 aliphatic rings. The summed E-state index contributed by atoms with van der Waals surface area (Å²) in [7, 11) is 2.14. The van der Waals surface area contributed by atoms with Crippen molar-refractivity contribution in [1.29, 1.82) is 0 Å². The molecule has 1 aromatic carbocycles. The summed E-state index contributed by atoms with van der Waals surface area (Å²) in [6.45, 7) is 7.41. The molecule has 0 bridgehead atoms. The van der Waals surface area contributed by atoms with Gasteiger partial charge in [-0.3, -0.25) is 0 Å². The van der Waals surface area contributed by atoms with Gasteiger partial charge in [0.1, 0.15) is 0 Å². The van der Waals surface area contributed by atoms with Crippen molar-refractivity contribution < 1.29 is 0 Å². The van der Waals surface area contributed by atoms with Gasteiger partial charge >= 0.3 is 0 Å². The molecule has 3 heteroatoms. The Kier molecular flexibility index (Phi) is 6.03. The van der Waals surface area contributed by atoms with Gasteiger partial charge in [0.2, 0.25) is 0 Å². The van der Waals surface area contributed by atoms with E-state index in [1.165, 1.54) is 10.6 Å². The molecule has 18 heavy (non-hydrogen) atoms. The summed E-state index contributed by atoms with van der Waals surface area (Å²) in [5.74, 6) is 1.13. The highest BCUT2D eigenvalue weighted by atomic mass is 32.2. The summed E-state index contributed by atoms with van der Waals surface area (Å²) in [6.07, 6.45) is 2.19. The van der Waals surface area contributed by atoms with E-state index in [4.69, 9.17) is 5.73 Å². The first-order chi connectivity index (χ1) is 8.42. The van der Waals surface area contributed by atoms with Gasteiger partial charge in [-0.2, -0.15) is 0 Å². The smallest absolute Gasteiger partial charge is 0.0364 e. The van der Waals surface area contributed by atoms with Crippen LogP contribution in [0.3, 0.4) is 0 Å². The molecule has 0 amide bonds. The van der Waals surface area contributed by atoms with Crippen molar-refractivity contribution in [2.24, 2.45) is 5.73 Å². The molecule has 0 spiro atoms. The molecule has 2 N–H and O–H groups in total. The zero-order valence-corrected chi connectivity index (χ0v) is 12.9. The summed E-state index contributed by atoms with van der Waals surface area (Å²) in [6, 6.07) is 8.80. The highest BCUT2D eigenvalue weighted by molar-refractivity contribution is 7.99. The van der Waals surface area contributed by atoms with Gasteiger partial charge < -0.3 is 10.6 Å². The molecule has 0 aromatic heterocycles. The van der Waals surface area contributed by atoms with E-state index in [0.29, 0.717) is 0 Å². The van der Waals surface area contributed by atoms with Gasteiger partial charge in [0.25, 0.3) is 0 Å². The maximum atomic E-state index is 5.99. The molecule has 1 aromatic rings. The minimum absolute atomic E-state index is 0.0531. The topological polar surface area (TPSA) is 29.3 Å². The normalized spacial score (nSPS) is 11.6. The first-order valence-corrected chi connectivity index (χ1v) is 7.64. The number of anilines is 1. The SMILES string of the molecule is CCSc1ccc(N(C)CCCC(C)(C)N)cc1. The second-order valence-corrected chi connectivity index (χ2v) is 6.78. The fourth-order valence-corrected chi connectivity index (χ4v) is 2.53. The molecule has 102 valence electrons. The largest absolute Gasteiger partial charge is 0.375 e. The number of nitrogens with zero attached hydrogens (tertiary/aromatic N) is 1. The number of hydrogen-bond donors (Lipinski definition) is 1. The molecule has 0 heterocycles.